The first-order valence-electron chi connectivity index (χ1n) is 9.29. The lowest BCUT2D eigenvalue weighted by atomic mass is 10.1. The first-order valence-corrected chi connectivity index (χ1v) is 9.29. The van der Waals surface area contributed by atoms with E-state index in [0.29, 0.717) is 30.3 Å². The van der Waals surface area contributed by atoms with Gasteiger partial charge in [0.05, 0.1) is 11.9 Å². The molecular formula is C22H20N6O. The molecule has 0 aliphatic rings. The molecule has 3 N–H and O–H groups in total. The number of hydrogen-bond acceptors (Lipinski definition) is 6. The van der Waals surface area contributed by atoms with E-state index in [9.17, 15) is 4.79 Å². The minimum atomic E-state index is -0.0975. The molecule has 0 fully saturated rings. The maximum atomic E-state index is 12.3. The van der Waals surface area contributed by atoms with Gasteiger partial charge in [0, 0.05) is 24.8 Å². The first-order chi connectivity index (χ1) is 14.3. The molecule has 0 unspecified atom stereocenters. The zero-order valence-corrected chi connectivity index (χ0v) is 15.7. The molecule has 2 aromatic carbocycles. The predicted octanol–water partition coefficient (Wildman–Crippen LogP) is 3.61. The van der Waals surface area contributed by atoms with Crippen LogP contribution in [0.2, 0.25) is 0 Å². The lowest BCUT2D eigenvalue weighted by Gasteiger charge is -2.09. The average molecular weight is 384 g/mol. The zero-order chi connectivity index (χ0) is 19.9. The van der Waals surface area contributed by atoms with E-state index in [0.717, 1.165) is 16.5 Å². The van der Waals surface area contributed by atoms with Crippen LogP contribution in [0.4, 0.5) is 17.3 Å². The summed E-state index contributed by atoms with van der Waals surface area (Å²) in [5.41, 5.74) is 1.49. The Morgan fingerprint density at radius 2 is 1.66 bits per heavy atom. The molecule has 0 saturated heterocycles. The van der Waals surface area contributed by atoms with E-state index in [2.05, 4.69) is 31.1 Å². The molecule has 0 bridgehead atoms. The standard InChI is InChI=1S/C22H20N6O/c29-22(18-8-7-16-4-1-2-5-17(16)14-18)25-13-12-24-20-9-10-21(28-27-20)26-19-6-3-11-23-15-19/h1-11,14-15H,12-13H2,(H,24,27)(H,25,29)(H,26,28). The van der Waals surface area contributed by atoms with Gasteiger partial charge >= 0.3 is 0 Å². The number of carbonyl (C=O) groups is 1. The van der Waals surface area contributed by atoms with Gasteiger partial charge in [-0.25, -0.2) is 0 Å². The third-order valence-corrected chi connectivity index (χ3v) is 4.33. The fourth-order valence-corrected chi connectivity index (χ4v) is 2.88. The fraction of sp³-hybridized carbons (Fsp3) is 0.0909. The van der Waals surface area contributed by atoms with Gasteiger partial charge in [0.25, 0.3) is 5.91 Å². The van der Waals surface area contributed by atoms with Gasteiger partial charge in [-0.3, -0.25) is 9.78 Å². The Kier molecular flexibility index (Phi) is 5.57. The Bertz CT molecular complexity index is 1100. The Hall–Kier alpha value is -4.00. The Labute approximate surface area is 168 Å². The third-order valence-electron chi connectivity index (χ3n) is 4.33. The Balaban J connectivity index is 1.25. The van der Waals surface area contributed by atoms with E-state index >= 15 is 0 Å². The minimum Gasteiger partial charge on any atom is -0.367 e. The normalized spacial score (nSPS) is 10.5. The van der Waals surface area contributed by atoms with Crippen LogP contribution in [0.15, 0.2) is 79.1 Å². The molecule has 29 heavy (non-hydrogen) atoms. The lowest BCUT2D eigenvalue weighted by Crippen LogP contribution is -2.28. The summed E-state index contributed by atoms with van der Waals surface area (Å²) < 4.78 is 0. The van der Waals surface area contributed by atoms with E-state index < -0.39 is 0 Å². The summed E-state index contributed by atoms with van der Waals surface area (Å²) in [6.07, 6.45) is 3.43. The van der Waals surface area contributed by atoms with Gasteiger partial charge < -0.3 is 16.0 Å². The lowest BCUT2D eigenvalue weighted by molar-refractivity contribution is 0.0955. The highest BCUT2D eigenvalue weighted by atomic mass is 16.1. The smallest absolute Gasteiger partial charge is 0.251 e. The third kappa shape index (κ3) is 4.84. The molecule has 144 valence electrons. The second kappa shape index (κ2) is 8.79. The van der Waals surface area contributed by atoms with Crippen LogP contribution >= 0.6 is 0 Å². The molecular weight excluding hydrogens is 364 g/mol. The fourth-order valence-electron chi connectivity index (χ4n) is 2.88. The number of fused-ring (bicyclic) bond motifs is 1. The molecule has 2 aromatic heterocycles. The van der Waals surface area contributed by atoms with E-state index in [1.807, 2.05) is 66.7 Å². The summed E-state index contributed by atoms with van der Waals surface area (Å²) >= 11 is 0. The molecule has 0 radical (unpaired) electrons. The summed E-state index contributed by atoms with van der Waals surface area (Å²) in [7, 11) is 0. The largest absolute Gasteiger partial charge is 0.367 e. The monoisotopic (exact) mass is 384 g/mol. The second-order valence-corrected chi connectivity index (χ2v) is 6.42. The van der Waals surface area contributed by atoms with Crippen molar-refractivity contribution in [3.8, 4) is 0 Å². The van der Waals surface area contributed by atoms with Crippen LogP contribution in [-0.2, 0) is 0 Å². The highest BCUT2D eigenvalue weighted by molar-refractivity contribution is 5.98. The van der Waals surface area contributed by atoms with E-state index in [-0.39, 0.29) is 5.91 Å². The van der Waals surface area contributed by atoms with Gasteiger partial charge in [0.1, 0.15) is 5.82 Å². The van der Waals surface area contributed by atoms with E-state index in [4.69, 9.17) is 0 Å². The molecule has 2 heterocycles. The van der Waals surface area contributed by atoms with Crippen molar-refractivity contribution in [2.75, 3.05) is 23.7 Å². The molecule has 0 saturated carbocycles. The number of amides is 1. The average Bonchev–Trinajstić information content (AvgIpc) is 2.78. The SMILES string of the molecule is O=C(NCCNc1ccc(Nc2cccnc2)nn1)c1ccc2ccccc2c1. The van der Waals surface area contributed by atoms with Crippen LogP contribution < -0.4 is 16.0 Å². The van der Waals surface area contributed by atoms with Crippen molar-refractivity contribution >= 4 is 34.0 Å². The van der Waals surface area contributed by atoms with Crippen LogP contribution in [0.3, 0.4) is 0 Å². The van der Waals surface area contributed by atoms with Crippen LogP contribution in [0.5, 0.6) is 0 Å². The molecule has 4 rings (SSSR count). The maximum Gasteiger partial charge on any atom is 0.251 e. The molecule has 7 nitrogen and oxygen atoms in total. The van der Waals surface area contributed by atoms with Gasteiger partial charge in [-0.05, 0) is 47.2 Å². The number of rotatable bonds is 7. The molecule has 4 aromatic rings. The summed E-state index contributed by atoms with van der Waals surface area (Å²) in [4.78, 5) is 16.4. The van der Waals surface area contributed by atoms with Gasteiger partial charge in [-0.15, -0.1) is 10.2 Å². The quantitative estimate of drug-likeness (QED) is 0.422. The van der Waals surface area contributed by atoms with Gasteiger partial charge in [-0.1, -0.05) is 30.3 Å². The Morgan fingerprint density at radius 1 is 0.828 bits per heavy atom. The van der Waals surface area contributed by atoms with Crippen molar-refractivity contribution in [1.29, 1.82) is 0 Å². The summed E-state index contributed by atoms with van der Waals surface area (Å²) in [5.74, 6) is 1.18. The zero-order valence-electron chi connectivity index (χ0n) is 15.7. The van der Waals surface area contributed by atoms with E-state index in [1.165, 1.54) is 0 Å². The number of pyridine rings is 1. The summed E-state index contributed by atoms with van der Waals surface area (Å²) in [6.45, 7) is 1.02. The number of hydrogen-bond donors (Lipinski definition) is 3. The van der Waals surface area contributed by atoms with Crippen molar-refractivity contribution in [3.05, 3.63) is 84.7 Å². The molecule has 1 amide bonds. The van der Waals surface area contributed by atoms with Crippen LogP contribution in [0.25, 0.3) is 10.8 Å². The summed E-state index contributed by atoms with van der Waals surface area (Å²) in [5, 5.41) is 19.6. The van der Waals surface area contributed by atoms with Crippen molar-refractivity contribution < 1.29 is 4.79 Å². The maximum absolute atomic E-state index is 12.3. The number of aromatic nitrogens is 3. The number of carbonyl (C=O) groups excluding carboxylic acids is 1. The molecule has 7 heteroatoms. The summed E-state index contributed by atoms with van der Waals surface area (Å²) in [6, 6.07) is 21.1. The predicted molar refractivity (Wildman–Crippen MR) is 114 cm³/mol. The van der Waals surface area contributed by atoms with Crippen LogP contribution in [-0.4, -0.2) is 34.2 Å². The van der Waals surface area contributed by atoms with Crippen LogP contribution in [0.1, 0.15) is 10.4 Å². The van der Waals surface area contributed by atoms with Crippen LogP contribution in [0, 0.1) is 0 Å². The highest BCUT2D eigenvalue weighted by Crippen LogP contribution is 2.15. The van der Waals surface area contributed by atoms with Crippen molar-refractivity contribution in [1.82, 2.24) is 20.5 Å². The highest BCUT2D eigenvalue weighted by Gasteiger charge is 2.06. The van der Waals surface area contributed by atoms with Crippen molar-refractivity contribution in [3.63, 3.8) is 0 Å². The first kappa shape index (κ1) is 18.4. The minimum absolute atomic E-state index is 0.0975. The molecule has 0 aliphatic carbocycles. The molecule has 0 atom stereocenters. The topological polar surface area (TPSA) is 91.8 Å². The van der Waals surface area contributed by atoms with Gasteiger partial charge in [0.15, 0.2) is 5.82 Å². The van der Waals surface area contributed by atoms with E-state index in [1.54, 1.807) is 12.4 Å². The molecule has 0 aliphatic heterocycles. The number of benzene rings is 2. The second-order valence-electron chi connectivity index (χ2n) is 6.42. The Morgan fingerprint density at radius 3 is 2.45 bits per heavy atom. The van der Waals surface area contributed by atoms with Gasteiger partial charge in [0.2, 0.25) is 0 Å². The number of nitrogens with zero attached hydrogens (tertiary/aromatic N) is 3. The number of nitrogens with one attached hydrogen (secondary N) is 3. The van der Waals surface area contributed by atoms with Crippen molar-refractivity contribution in [2.24, 2.45) is 0 Å². The molecule has 0 spiro atoms. The van der Waals surface area contributed by atoms with Gasteiger partial charge in [-0.2, -0.15) is 0 Å². The number of anilines is 3. The van der Waals surface area contributed by atoms with Crippen molar-refractivity contribution in [2.45, 2.75) is 0 Å².